The molecule has 0 spiro atoms. The molecule has 0 radical (unpaired) electrons. The number of unbranched alkanes of at least 4 members (excludes halogenated alkanes) is 48. The Morgan fingerprint density at radius 2 is 0.297 bits per heavy atom. The molecule has 680 valence electrons. The van der Waals surface area contributed by atoms with Gasteiger partial charge in [-0.3, -0.25) is 0 Å². The van der Waals surface area contributed by atoms with Gasteiger partial charge in [-0.2, -0.15) is 0 Å². The van der Waals surface area contributed by atoms with Crippen LogP contribution in [0.3, 0.4) is 0 Å². The van der Waals surface area contributed by atoms with Gasteiger partial charge in [0.05, 0.1) is 0 Å². The van der Waals surface area contributed by atoms with Crippen molar-refractivity contribution in [1.82, 2.24) is 0 Å². The third kappa shape index (κ3) is 31.3. The molecule has 8 aromatic rings. The van der Waals surface area contributed by atoms with Crippen molar-refractivity contribution in [3.8, 4) is 46.0 Å². The Hall–Kier alpha value is -9.68. The number of benzene rings is 8. The van der Waals surface area contributed by atoms with Crippen molar-refractivity contribution in [1.29, 1.82) is 0 Å². The summed E-state index contributed by atoms with van der Waals surface area (Å²) in [5, 5.41) is 0. The van der Waals surface area contributed by atoms with Crippen molar-refractivity contribution in [2.24, 2.45) is 39.9 Å². The van der Waals surface area contributed by atoms with Crippen molar-refractivity contribution in [2.45, 2.75) is 387 Å². The van der Waals surface area contributed by atoms with Crippen molar-refractivity contribution in [3.63, 3.8) is 0 Å². The Labute approximate surface area is 770 Å². The van der Waals surface area contributed by atoms with Crippen LogP contribution in [-0.4, -0.2) is 46.7 Å². The maximum Gasteiger partial charge on any atom is 0.164 e. The molecule has 8 bridgehead atoms. The van der Waals surface area contributed by atoms with Crippen LogP contribution in [0.2, 0.25) is 0 Å². The van der Waals surface area contributed by atoms with Gasteiger partial charge >= 0.3 is 0 Å². The van der Waals surface area contributed by atoms with Crippen molar-refractivity contribution in [2.75, 3.05) is 0 Å². The number of hydrogen-bond donors (Lipinski definition) is 0. The summed E-state index contributed by atoms with van der Waals surface area (Å²) in [6.07, 6.45) is 73.4. The first-order chi connectivity index (χ1) is 63.3. The smallest absolute Gasteiger partial charge is 0.164 e. The first-order valence-corrected chi connectivity index (χ1v) is 51.7. The van der Waals surface area contributed by atoms with Gasteiger partial charge in [-0.1, -0.05) is 384 Å². The van der Waals surface area contributed by atoms with E-state index in [1.807, 2.05) is 97.1 Å². The number of hydrogen-bond acceptors (Lipinski definition) is 12. The predicted molar refractivity (Wildman–Crippen MR) is 542 cm³/mol. The van der Waals surface area contributed by atoms with Crippen LogP contribution in [0.25, 0.3) is 0 Å². The van der Waals surface area contributed by atoms with Crippen LogP contribution in [-0.2, 0) is 25.7 Å². The van der Waals surface area contributed by atoms with E-state index in [1.54, 1.807) is 0 Å². The number of nitrogens with zero attached hydrogens (tertiary/aromatic N) is 8. The molecule has 5 heterocycles. The Bertz CT molecular complexity index is 4400. The molecule has 0 amide bonds. The van der Waals surface area contributed by atoms with Gasteiger partial charge in [0.25, 0.3) is 0 Å². The molecule has 12 heteroatoms. The number of ether oxygens (including phenoxy) is 4. The van der Waals surface area contributed by atoms with Crippen molar-refractivity contribution >= 4 is 46.7 Å². The second kappa shape index (κ2) is 54.7. The van der Waals surface area contributed by atoms with Crippen LogP contribution in [0.15, 0.2) is 210 Å². The fraction of sp³-hybridized carbons (Fsp3) is 0.517. The molecule has 128 heavy (non-hydrogen) atoms. The molecule has 0 aromatic heterocycles. The summed E-state index contributed by atoms with van der Waals surface area (Å²) in [5.74, 6) is 9.24. The average molecular weight is 1720 g/mol. The fourth-order valence-corrected chi connectivity index (χ4v) is 18.8. The maximum absolute atomic E-state index is 6.85. The molecular formula is C116H152N8O4. The highest BCUT2D eigenvalue weighted by atomic mass is 16.5. The minimum Gasteiger partial charge on any atom is -0.457 e. The summed E-state index contributed by atoms with van der Waals surface area (Å²) in [4.78, 5) is 43.5. The molecule has 5 aliphatic rings. The largest absolute Gasteiger partial charge is 0.457 e. The monoisotopic (exact) mass is 1720 g/mol. The van der Waals surface area contributed by atoms with E-state index in [0.29, 0.717) is 69.7 Å². The van der Waals surface area contributed by atoms with E-state index in [2.05, 4.69) is 100 Å². The van der Waals surface area contributed by atoms with Crippen molar-refractivity contribution < 1.29 is 18.9 Å². The quantitative estimate of drug-likeness (QED) is 0.0351. The normalized spacial score (nSPS) is 13.4. The summed E-state index contributed by atoms with van der Waals surface area (Å²) in [6, 6.07) is 58.7. The molecule has 12 nitrogen and oxygen atoms in total. The van der Waals surface area contributed by atoms with Gasteiger partial charge in [0.2, 0.25) is 0 Å². The number of rotatable bonds is 64. The Morgan fingerprint density at radius 1 is 0.148 bits per heavy atom. The van der Waals surface area contributed by atoms with Crippen LogP contribution < -0.4 is 18.9 Å². The first-order valence-electron chi connectivity index (χ1n) is 51.7. The molecular weight excluding hydrogens is 1570 g/mol. The van der Waals surface area contributed by atoms with Gasteiger partial charge in [0.1, 0.15) is 46.0 Å². The molecule has 5 aliphatic heterocycles. The molecule has 0 unspecified atom stereocenters. The zero-order chi connectivity index (χ0) is 88.0. The van der Waals surface area contributed by atoms with E-state index in [-0.39, 0.29) is 0 Å². The lowest BCUT2D eigenvalue weighted by Crippen LogP contribution is -2.03. The highest BCUT2D eigenvalue weighted by Crippen LogP contribution is 2.39. The van der Waals surface area contributed by atoms with Crippen LogP contribution in [0.1, 0.15) is 428 Å². The molecule has 13 rings (SSSR count). The Balaban J connectivity index is 0.774. The molecule has 0 atom stereocenters. The predicted octanol–water partition coefficient (Wildman–Crippen LogP) is 34.5. The van der Waals surface area contributed by atoms with Crippen LogP contribution >= 0.6 is 0 Å². The van der Waals surface area contributed by atoms with E-state index < -0.39 is 0 Å². The Kier molecular flexibility index (Phi) is 41.0. The third-order valence-electron chi connectivity index (χ3n) is 26.4. The lowest BCUT2D eigenvalue weighted by molar-refractivity contribution is 0.481. The fourth-order valence-electron chi connectivity index (χ4n) is 18.8. The SMILES string of the molecule is CCCCCCCCCCCCCCCc1cccc(Oc2ccc3c(c2)C2=NC3=NC3=NC(=NC4=NC(=NC5=NC(=N2)c2ccc(Oc6cccc(CCCCCCCCCCCCCCC)c6)cc25)c2ccc(Oc5cccc(CCCCCCCCCCCCCCC)c5)cc24)c2ccc(Oc4cccc(CCCCCCCCCCCCCCC)c4)cc23)c1. The summed E-state index contributed by atoms with van der Waals surface area (Å²) in [6.45, 7) is 9.18. The summed E-state index contributed by atoms with van der Waals surface area (Å²) in [5.41, 5.74) is 11.2. The second-order valence-corrected chi connectivity index (χ2v) is 37.3. The van der Waals surface area contributed by atoms with Gasteiger partial charge in [0.15, 0.2) is 46.7 Å². The zero-order valence-electron chi connectivity index (χ0n) is 79.0. The summed E-state index contributed by atoms with van der Waals surface area (Å²) < 4.78 is 27.4. The van der Waals surface area contributed by atoms with Gasteiger partial charge < -0.3 is 18.9 Å². The minimum absolute atomic E-state index is 0.430. The zero-order valence-corrected chi connectivity index (χ0v) is 79.0. The van der Waals surface area contributed by atoms with E-state index in [1.165, 1.54) is 330 Å². The van der Waals surface area contributed by atoms with Gasteiger partial charge in [0, 0.05) is 44.5 Å². The molecule has 0 saturated heterocycles. The Morgan fingerprint density at radius 3 is 0.469 bits per heavy atom. The van der Waals surface area contributed by atoms with E-state index in [4.69, 9.17) is 58.9 Å². The van der Waals surface area contributed by atoms with E-state index in [9.17, 15) is 0 Å². The average Bonchev–Trinajstić information content (AvgIpc) is 1.60. The van der Waals surface area contributed by atoms with E-state index >= 15 is 0 Å². The second-order valence-electron chi connectivity index (χ2n) is 37.3. The lowest BCUT2D eigenvalue weighted by atomic mass is 10.0. The van der Waals surface area contributed by atoms with Crippen molar-refractivity contribution in [3.05, 3.63) is 237 Å². The topological polar surface area (TPSA) is 136 Å². The number of amidine groups is 8. The maximum atomic E-state index is 6.85. The lowest BCUT2D eigenvalue weighted by Gasteiger charge is -2.11. The van der Waals surface area contributed by atoms with Gasteiger partial charge in [-0.05, 0) is 195 Å². The number of aliphatic imine (C=N–C) groups is 8. The number of aryl methyl sites for hydroxylation is 4. The minimum atomic E-state index is 0.430. The molecule has 0 N–H and O–H groups in total. The molecule has 0 saturated carbocycles. The van der Waals surface area contributed by atoms with Crippen LogP contribution in [0.4, 0.5) is 0 Å². The highest BCUT2D eigenvalue weighted by molar-refractivity contribution is 6.35. The third-order valence-corrected chi connectivity index (χ3v) is 26.4. The van der Waals surface area contributed by atoms with Crippen LogP contribution in [0.5, 0.6) is 46.0 Å². The standard InChI is InChI=1S/C116H152N8O4/c1-5-9-13-17-21-25-29-33-37-41-45-49-53-61-89-65-57-69-93(81-89)125-97-73-77-101-105(85-97)113-117-109(101)122-114-107-87-99(127-95-71-59-67-91(83-95)63-55-51-47-43-39-35-31-27-23-19-15-11-7-3)75-79-103(107)111(119-114)124-116-108-88-100(128-96-72-60-68-92(84-96)64-56-52-48-44-40-36-32-28-24-20-16-12-8-4)76-80-104(108)112(120-116)123-115-106-86-98(74-78-102(106)110(118-115)121-113)126-94-70-58-66-90(82-94)62-54-50-46-42-38-34-30-26-22-18-14-10-6-2/h57-60,65-88H,5-56,61-64H2,1-4H3. The first kappa shape index (κ1) is 95.9. The summed E-state index contributed by atoms with van der Waals surface area (Å²) in [7, 11) is 0. The molecule has 0 fully saturated rings. The van der Waals surface area contributed by atoms with Gasteiger partial charge in [-0.25, -0.2) is 39.9 Å². The molecule has 8 aromatic carbocycles. The van der Waals surface area contributed by atoms with Gasteiger partial charge in [-0.15, -0.1) is 0 Å². The summed E-state index contributed by atoms with van der Waals surface area (Å²) >= 11 is 0. The number of fused-ring (bicyclic) bond motifs is 16. The van der Waals surface area contributed by atoms with Crippen LogP contribution in [0, 0.1) is 0 Å². The van der Waals surface area contributed by atoms with E-state index in [0.717, 1.165) is 119 Å². The molecule has 0 aliphatic carbocycles. The highest BCUT2D eigenvalue weighted by Gasteiger charge is 2.33.